The van der Waals surface area contributed by atoms with Crippen molar-refractivity contribution in [1.29, 1.82) is 0 Å². The predicted octanol–water partition coefficient (Wildman–Crippen LogP) is 6.72. The zero-order valence-electron chi connectivity index (χ0n) is 19.2. The summed E-state index contributed by atoms with van der Waals surface area (Å²) in [7, 11) is -1.63. The molecule has 1 N–H and O–H groups in total. The van der Waals surface area contributed by atoms with Gasteiger partial charge in [0.25, 0.3) is 0 Å². The number of para-hydroxylation sites is 1. The van der Waals surface area contributed by atoms with Crippen LogP contribution < -0.4 is 9.63 Å². The van der Waals surface area contributed by atoms with E-state index in [9.17, 15) is 10.00 Å². The topological polar surface area (TPSA) is 52.5 Å². The van der Waals surface area contributed by atoms with E-state index in [-0.39, 0.29) is 16.9 Å². The molecule has 0 fully saturated rings. The molecule has 3 nitrogen and oxygen atoms in total. The van der Waals surface area contributed by atoms with Crippen LogP contribution >= 0.6 is 7.76 Å². The molecule has 1 aliphatic heterocycles. The average molecular weight is 435 g/mol. The first-order chi connectivity index (χ1) is 14.5. The minimum atomic E-state index is -1.63. The molecule has 1 aromatic heterocycles. The Morgan fingerprint density at radius 1 is 0.903 bits per heavy atom. The number of fused-ring (bicyclic) bond motifs is 3. The Balaban J connectivity index is 1.84. The molecule has 0 saturated carbocycles. The SMILES string of the molecule is CC(C)(C)c1cc(CC2Oc3ccccc3-c3ccc[p+]([O-])c32)cc(C(C)(C)C)c1O. The molecule has 31 heavy (non-hydrogen) atoms. The second-order valence-corrected chi connectivity index (χ2v) is 11.9. The molecule has 2 unspecified atom stereocenters. The number of rotatable bonds is 2. The van der Waals surface area contributed by atoms with Crippen LogP contribution in [0.5, 0.6) is 11.5 Å². The van der Waals surface area contributed by atoms with E-state index in [2.05, 4.69) is 53.7 Å². The molecule has 0 amide bonds. The highest BCUT2D eigenvalue weighted by atomic mass is 31.1. The van der Waals surface area contributed by atoms with E-state index >= 15 is 0 Å². The van der Waals surface area contributed by atoms with Gasteiger partial charge in [0.1, 0.15) is 17.3 Å². The lowest BCUT2D eigenvalue weighted by molar-refractivity contribution is -0.151. The maximum Gasteiger partial charge on any atom is 0.170 e. The Kier molecular flexibility index (Phi) is 5.40. The lowest BCUT2D eigenvalue weighted by Crippen LogP contribution is -2.20. The Hall–Kier alpha value is -2.35. The van der Waals surface area contributed by atoms with E-state index in [0.29, 0.717) is 12.2 Å². The molecule has 1 aliphatic rings. The fraction of sp³-hybridized carbons (Fsp3) is 0.370. The summed E-state index contributed by atoms with van der Waals surface area (Å²) in [6.07, 6.45) is 0.294. The van der Waals surface area contributed by atoms with Gasteiger partial charge in [0.15, 0.2) is 11.4 Å². The van der Waals surface area contributed by atoms with E-state index in [1.807, 2.05) is 36.4 Å². The number of phenolic OH excluding ortho intramolecular Hbond substituents is 1. The van der Waals surface area contributed by atoms with Gasteiger partial charge in [0.2, 0.25) is 0 Å². The zero-order valence-corrected chi connectivity index (χ0v) is 20.1. The van der Waals surface area contributed by atoms with Crippen LogP contribution in [0.2, 0.25) is 0 Å². The fourth-order valence-corrected chi connectivity index (χ4v) is 5.62. The third-order valence-electron chi connectivity index (χ3n) is 5.96. The van der Waals surface area contributed by atoms with Gasteiger partial charge in [0.05, 0.1) is 7.76 Å². The Bertz CT molecular complexity index is 1100. The van der Waals surface area contributed by atoms with E-state index in [0.717, 1.165) is 38.9 Å². The van der Waals surface area contributed by atoms with E-state index in [4.69, 9.17) is 4.74 Å². The Morgan fingerprint density at radius 2 is 1.48 bits per heavy atom. The second-order valence-electron chi connectivity index (χ2n) is 10.5. The molecule has 2 atom stereocenters. The van der Waals surface area contributed by atoms with Gasteiger partial charge in [-0.25, -0.2) is 0 Å². The van der Waals surface area contributed by atoms with Gasteiger partial charge in [-0.2, -0.15) is 0 Å². The summed E-state index contributed by atoms with van der Waals surface area (Å²) in [5, 5.41) is 11.9. The number of hydrogen-bond donors (Lipinski definition) is 1. The Labute approximate surface area is 186 Å². The largest absolute Gasteiger partial charge is 0.626 e. The summed E-state index contributed by atoms with van der Waals surface area (Å²) in [6.45, 7) is 12.7. The normalized spacial score (nSPS) is 16.4. The van der Waals surface area contributed by atoms with Gasteiger partial charge >= 0.3 is 0 Å². The summed E-state index contributed by atoms with van der Waals surface area (Å²) < 4.78 is 6.40. The summed E-state index contributed by atoms with van der Waals surface area (Å²) in [6, 6.07) is 16.0. The number of aromatic hydroxyl groups is 1. The minimum Gasteiger partial charge on any atom is -0.626 e. The molecular weight excluding hydrogens is 403 g/mol. The molecule has 2 aromatic carbocycles. The summed E-state index contributed by atoms with van der Waals surface area (Å²) in [5.74, 6) is 2.96. The number of ether oxygens (including phenoxy) is 1. The quantitative estimate of drug-likeness (QED) is 0.487. The Morgan fingerprint density at radius 3 is 2.10 bits per heavy atom. The van der Waals surface area contributed by atoms with Crippen LogP contribution in [0.15, 0.2) is 54.3 Å². The van der Waals surface area contributed by atoms with Gasteiger partial charge in [-0.1, -0.05) is 71.9 Å². The highest BCUT2D eigenvalue weighted by molar-refractivity contribution is 7.42. The maximum atomic E-state index is 13.0. The van der Waals surface area contributed by atoms with Crippen LogP contribution in [0.3, 0.4) is 0 Å². The van der Waals surface area contributed by atoms with Crippen molar-refractivity contribution in [2.45, 2.75) is 64.9 Å². The van der Waals surface area contributed by atoms with Crippen LogP contribution in [0.1, 0.15) is 69.6 Å². The van der Waals surface area contributed by atoms with E-state index in [1.165, 1.54) is 0 Å². The third kappa shape index (κ3) is 4.10. The summed E-state index contributed by atoms with van der Waals surface area (Å²) in [4.78, 5) is 13.0. The molecule has 0 aliphatic carbocycles. The molecule has 0 bridgehead atoms. The molecule has 4 rings (SSSR count). The first-order valence-corrected chi connectivity index (χ1v) is 12.1. The van der Waals surface area contributed by atoms with E-state index in [1.54, 1.807) is 5.80 Å². The molecule has 0 spiro atoms. The van der Waals surface area contributed by atoms with Crippen molar-refractivity contribution in [2.24, 2.45) is 0 Å². The van der Waals surface area contributed by atoms with Crippen molar-refractivity contribution >= 4 is 7.76 Å². The van der Waals surface area contributed by atoms with Crippen LogP contribution in [0.25, 0.3) is 11.1 Å². The van der Waals surface area contributed by atoms with Crippen molar-refractivity contribution in [2.75, 3.05) is 0 Å². The summed E-state index contributed by atoms with van der Waals surface area (Å²) in [5.41, 5.74) is 4.56. The fourth-order valence-electron chi connectivity index (χ4n) is 4.35. The molecule has 2 heterocycles. The average Bonchev–Trinajstić information content (AvgIpc) is 2.67. The van der Waals surface area contributed by atoms with Crippen molar-refractivity contribution in [3.8, 4) is 22.6 Å². The third-order valence-corrected chi connectivity index (χ3v) is 7.40. The number of hydrogen-bond acceptors (Lipinski definition) is 3. The van der Waals surface area contributed by atoms with Crippen molar-refractivity contribution < 1.29 is 14.7 Å². The van der Waals surface area contributed by atoms with Crippen LogP contribution in [0, 0.1) is 0 Å². The first-order valence-electron chi connectivity index (χ1n) is 10.8. The molecule has 0 saturated heterocycles. The monoisotopic (exact) mass is 434 g/mol. The van der Waals surface area contributed by atoms with Crippen LogP contribution in [-0.4, -0.2) is 5.11 Å². The van der Waals surface area contributed by atoms with Gasteiger partial charge in [-0.15, -0.1) is 0 Å². The predicted molar refractivity (Wildman–Crippen MR) is 127 cm³/mol. The highest BCUT2D eigenvalue weighted by Crippen LogP contribution is 2.49. The van der Waals surface area contributed by atoms with Gasteiger partial charge < -0.3 is 14.7 Å². The van der Waals surface area contributed by atoms with Gasteiger partial charge in [0, 0.05) is 17.5 Å². The standard InChI is InChI=1S/C27H31O3P/c1-26(2,3)20-14-17(15-21(24(20)28)27(4,5)6)16-23-25-19(11-9-13-31(25)29)18-10-7-8-12-22(18)30-23/h7-15,23,28H,16H2,1-6H3. The molecule has 0 radical (unpaired) electrons. The molecule has 3 aromatic rings. The van der Waals surface area contributed by atoms with Gasteiger partial charge in [-0.3, -0.25) is 0 Å². The zero-order chi connectivity index (χ0) is 22.6. The van der Waals surface area contributed by atoms with Gasteiger partial charge in [-0.05, 0) is 45.7 Å². The number of benzene rings is 2. The second kappa shape index (κ2) is 7.65. The maximum absolute atomic E-state index is 13.0. The van der Waals surface area contributed by atoms with Crippen molar-refractivity contribution in [3.63, 3.8) is 0 Å². The van der Waals surface area contributed by atoms with Crippen molar-refractivity contribution in [1.82, 2.24) is 0 Å². The first kappa shape index (κ1) is 21.9. The summed E-state index contributed by atoms with van der Waals surface area (Å²) >= 11 is 0. The number of phenols is 1. The minimum absolute atomic E-state index is 0.197. The smallest absolute Gasteiger partial charge is 0.170 e. The molecular formula is C27H31O3P. The molecule has 162 valence electrons. The lowest BCUT2D eigenvalue weighted by Gasteiger charge is -2.30. The lowest BCUT2D eigenvalue weighted by atomic mass is 9.78. The van der Waals surface area contributed by atoms with Crippen LogP contribution in [-0.2, 0) is 17.3 Å². The van der Waals surface area contributed by atoms with E-state index < -0.39 is 7.76 Å². The van der Waals surface area contributed by atoms with Crippen molar-refractivity contribution in [3.05, 3.63) is 76.3 Å². The molecule has 4 heteroatoms. The van der Waals surface area contributed by atoms with Crippen LogP contribution in [0.4, 0.5) is 0 Å². The highest BCUT2D eigenvalue weighted by Gasteiger charge is 2.33.